The van der Waals surface area contributed by atoms with E-state index in [4.69, 9.17) is 0 Å². The van der Waals surface area contributed by atoms with E-state index in [0.717, 1.165) is 30.2 Å². The van der Waals surface area contributed by atoms with E-state index in [1.807, 2.05) is 37.3 Å². The molecular formula is C23H32N4O. The standard InChI is InChI=1S/C23H32N4O/c1-5-9-21(28)27-20-14-12-18(13-15-20)16-25-22(24-4)26-17-23(2,3)19-10-7-6-8-11-19/h6-8,10-15H,5,9,16-17H2,1-4H3,(H,27,28)(H2,24,25,26). The lowest BCUT2D eigenvalue weighted by atomic mass is 9.85. The fourth-order valence-electron chi connectivity index (χ4n) is 2.86. The van der Waals surface area contributed by atoms with Gasteiger partial charge in [0.1, 0.15) is 0 Å². The summed E-state index contributed by atoms with van der Waals surface area (Å²) < 4.78 is 0. The van der Waals surface area contributed by atoms with Crippen molar-refractivity contribution in [1.29, 1.82) is 0 Å². The SMILES string of the molecule is CCCC(=O)Nc1ccc(CNC(=NC)NCC(C)(C)c2ccccc2)cc1. The molecule has 0 radical (unpaired) electrons. The Balaban J connectivity index is 1.84. The van der Waals surface area contributed by atoms with Crippen LogP contribution in [0.4, 0.5) is 5.69 Å². The van der Waals surface area contributed by atoms with Crippen molar-refractivity contribution in [3.05, 3.63) is 65.7 Å². The summed E-state index contributed by atoms with van der Waals surface area (Å²) in [6.45, 7) is 7.87. The normalized spacial score (nSPS) is 11.8. The maximum atomic E-state index is 11.7. The number of aliphatic imine (C=N–C) groups is 1. The van der Waals surface area contributed by atoms with Crippen molar-refractivity contribution in [1.82, 2.24) is 10.6 Å². The predicted octanol–water partition coefficient (Wildman–Crippen LogP) is 4.07. The number of guanidine groups is 1. The van der Waals surface area contributed by atoms with E-state index >= 15 is 0 Å². The Bertz CT molecular complexity index is 767. The quantitative estimate of drug-likeness (QED) is 0.478. The van der Waals surface area contributed by atoms with Crippen LogP contribution >= 0.6 is 0 Å². The number of benzene rings is 2. The molecule has 5 heteroatoms. The monoisotopic (exact) mass is 380 g/mol. The van der Waals surface area contributed by atoms with Gasteiger partial charge in [0.25, 0.3) is 0 Å². The van der Waals surface area contributed by atoms with E-state index in [9.17, 15) is 4.79 Å². The molecule has 1 amide bonds. The summed E-state index contributed by atoms with van der Waals surface area (Å²) in [6, 6.07) is 18.4. The van der Waals surface area contributed by atoms with E-state index in [0.29, 0.717) is 13.0 Å². The fraction of sp³-hybridized carbons (Fsp3) is 0.391. The van der Waals surface area contributed by atoms with Gasteiger partial charge in [-0.1, -0.05) is 63.2 Å². The van der Waals surface area contributed by atoms with Crippen LogP contribution < -0.4 is 16.0 Å². The Kier molecular flexibility index (Phi) is 8.05. The molecule has 28 heavy (non-hydrogen) atoms. The van der Waals surface area contributed by atoms with Crippen LogP contribution in [0.5, 0.6) is 0 Å². The number of carbonyl (C=O) groups excluding carboxylic acids is 1. The summed E-state index contributed by atoms with van der Waals surface area (Å²) in [5.41, 5.74) is 3.24. The van der Waals surface area contributed by atoms with Gasteiger partial charge in [0.2, 0.25) is 5.91 Å². The predicted molar refractivity (Wildman–Crippen MR) is 118 cm³/mol. The van der Waals surface area contributed by atoms with Gasteiger partial charge in [-0.3, -0.25) is 9.79 Å². The maximum absolute atomic E-state index is 11.7. The number of amides is 1. The molecule has 3 N–H and O–H groups in total. The lowest BCUT2D eigenvalue weighted by Gasteiger charge is -2.26. The first-order valence-corrected chi connectivity index (χ1v) is 9.83. The van der Waals surface area contributed by atoms with E-state index in [-0.39, 0.29) is 11.3 Å². The van der Waals surface area contributed by atoms with Crippen molar-refractivity contribution in [3.63, 3.8) is 0 Å². The summed E-state index contributed by atoms with van der Waals surface area (Å²) >= 11 is 0. The van der Waals surface area contributed by atoms with Gasteiger partial charge in [-0.15, -0.1) is 0 Å². The van der Waals surface area contributed by atoms with E-state index < -0.39 is 0 Å². The number of anilines is 1. The van der Waals surface area contributed by atoms with E-state index in [1.54, 1.807) is 7.05 Å². The van der Waals surface area contributed by atoms with Gasteiger partial charge < -0.3 is 16.0 Å². The highest BCUT2D eigenvalue weighted by Gasteiger charge is 2.20. The molecule has 0 saturated carbocycles. The van der Waals surface area contributed by atoms with Crippen LogP contribution in [-0.4, -0.2) is 25.5 Å². The van der Waals surface area contributed by atoms with Crippen LogP contribution in [0.2, 0.25) is 0 Å². The third-order valence-corrected chi connectivity index (χ3v) is 4.65. The zero-order valence-corrected chi connectivity index (χ0v) is 17.4. The molecule has 0 fully saturated rings. The Labute approximate surface area is 168 Å². The number of hydrogen-bond acceptors (Lipinski definition) is 2. The Hall–Kier alpha value is -2.82. The van der Waals surface area contributed by atoms with Gasteiger partial charge in [-0.05, 0) is 29.7 Å². The average Bonchev–Trinajstić information content (AvgIpc) is 2.70. The summed E-state index contributed by atoms with van der Waals surface area (Å²) in [5, 5.41) is 9.66. The number of rotatable bonds is 8. The maximum Gasteiger partial charge on any atom is 0.224 e. The van der Waals surface area contributed by atoms with Crippen LogP contribution in [0.3, 0.4) is 0 Å². The van der Waals surface area contributed by atoms with Crippen LogP contribution in [-0.2, 0) is 16.8 Å². The van der Waals surface area contributed by atoms with Crippen LogP contribution in [0.1, 0.15) is 44.7 Å². The first kappa shape index (κ1) is 21.5. The highest BCUT2D eigenvalue weighted by atomic mass is 16.1. The molecule has 2 rings (SSSR count). The van der Waals surface area contributed by atoms with Crippen molar-refractivity contribution in [2.24, 2.45) is 4.99 Å². The fourth-order valence-corrected chi connectivity index (χ4v) is 2.86. The van der Waals surface area contributed by atoms with Gasteiger partial charge in [-0.2, -0.15) is 0 Å². The second-order valence-corrected chi connectivity index (χ2v) is 7.52. The third-order valence-electron chi connectivity index (χ3n) is 4.65. The smallest absolute Gasteiger partial charge is 0.224 e. The largest absolute Gasteiger partial charge is 0.356 e. The molecule has 0 aliphatic heterocycles. The van der Waals surface area contributed by atoms with E-state index in [1.165, 1.54) is 5.56 Å². The van der Waals surface area contributed by atoms with Gasteiger partial charge in [0, 0.05) is 37.7 Å². The molecule has 5 nitrogen and oxygen atoms in total. The first-order chi connectivity index (χ1) is 13.4. The highest BCUT2D eigenvalue weighted by Crippen LogP contribution is 2.21. The molecule has 0 saturated heterocycles. The highest BCUT2D eigenvalue weighted by molar-refractivity contribution is 5.90. The Morgan fingerprint density at radius 2 is 1.68 bits per heavy atom. The van der Waals surface area contributed by atoms with Crippen molar-refractivity contribution in [2.45, 2.75) is 45.6 Å². The van der Waals surface area contributed by atoms with E-state index in [2.05, 4.69) is 59.1 Å². The minimum absolute atomic E-state index is 0.00275. The number of carbonyl (C=O) groups is 1. The molecule has 0 atom stereocenters. The molecule has 0 unspecified atom stereocenters. The van der Waals surface area contributed by atoms with Crippen LogP contribution in [0.25, 0.3) is 0 Å². The summed E-state index contributed by atoms with van der Waals surface area (Å²) in [5.74, 6) is 0.823. The van der Waals surface area contributed by atoms with Crippen molar-refractivity contribution in [2.75, 3.05) is 18.9 Å². The van der Waals surface area contributed by atoms with Crippen molar-refractivity contribution >= 4 is 17.6 Å². The molecule has 0 spiro atoms. The lowest BCUT2D eigenvalue weighted by Crippen LogP contribution is -2.43. The molecule has 2 aromatic rings. The number of hydrogen-bond donors (Lipinski definition) is 3. The van der Waals surface area contributed by atoms with Gasteiger partial charge >= 0.3 is 0 Å². The minimum Gasteiger partial charge on any atom is -0.356 e. The van der Waals surface area contributed by atoms with Crippen LogP contribution in [0, 0.1) is 0 Å². The van der Waals surface area contributed by atoms with Crippen molar-refractivity contribution in [3.8, 4) is 0 Å². The summed E-state index contributed by atoms with van der Waals surface area (Å²) in [4.78, 5) is 16.0. The van der Waals surface area contributed by atoms with Gasteiger partial charge in [-0.25, -0.2) is 0 Å². The molecule has 0 aliphatic rings. The molecular weight excluding hydrogens is 348 g/mol. The second-order valence-electron chi connectivity index (χ2n) is 7.52. The number of nitrogens with zero attached hydrogens (tertiary/aromatic N) is 1. The summed E-state index contributed by atoms with van der Waals surface area (Å²) in [6.07, 6.45) is 1.39. The number of nitrogens with one attached hydrogen (secondary N) is 3. The van der Waals surface area contributed by atoms with Gasteiger partial charge in [0.05, 0.1) is 0 Å². The molecule has 150 valence electrons. The average molecular weight is 381 g/mol. The topological polar surface area (TPSA) is 65.5 Å². The molecule has 2 aromatic carbocycles. The van der Waals surface area contributed by atoms with Crippen molar-refractivity contribution < 1.29 is 4.79 Å². The zero-order valence-electron chi connectivity index (χ0n) is 17.4. The second kappa shape index (κ2) is 10.5. The van der Waals surface area contributed by atoms with Gasteiger partial charge in [0.15, 0.2) is 5.96 Å². The first-order valence-electron chi connectivity index (χ1n) is 9.83. The molecule has 0 aromatic heterocycles. The lowest BCUT2D eigenvalue weighted by molar-refractivity contribution is -0.116. The summed E-state index contributed by atoms with van der Waals surface area (Å²) in [7, 11) is 1.78. The Morgan fingerprint density at radius 1 is 1.00 bits per heavy atom. The zero-order chi connectivity index (χ0) is 20.4. The molecule has 0 heterocycles. The van der Waals surface area contributed by atoms with Crippen LogP contribution in [0.15, 0.2) is 59.6 Å². The third kappa shape index (κ3) is 6.72. The Morgan fingerprint density at radius 3 is 2.29 bits per heavy atom. The minimum atomic E-state index is -0.00275. The molecule has 0 aliphatic carbocycles. The molecule has 0 bridgehead atoms.